The highest BCUT2D eigenvalue weighted by atomic mass is 16.2. The smallest absolute Gasteiger partial charge is 0.252 e. The van der Waals surface area contributed by atoms with Gasteiger partial charge in [-0.15, -0.1) is 0 Å². The predicted molar refractivity (Wildman–Crippen MR) is 124 cm³/mol. The third-order valence-corrected chi connectivity index (χ3v) is 6.05. The summed E-state index contributed by atoms with van der Waals surface area (Å²) < 4.78 is 0. The number of amides is 2. The van der Waals surface area contributed by atoms with Crippen LogP contribution in [0.3, 0.4) is 0 Å². The Balaban J connectivity index is 1.36. The van der Waals surface area contributed by atoms with E-state index in [0.29, 0.717) is 17.2 Å². The molecule has 0 spiro atoms. The molecule has 3 aromatic carbocycles. The molecule has 0 aliphatic heterocycles. The van der Waals surface area contributed by atoms with Crippen LogP contribution in [0, 0.1) is 11.8 Å². The number of rotatable bonds is 6. The molecule has 3 N–H and O–H groups in total. The summed E-state index contributed by atoms with van der Waals surface area (Å²) in [5.41, 5.74) is 4.99. The van der Waals surface area contributed by atoms with Gasteiger partial charge in [0.15, 0.2) is 0 Å². The third-order valence-electron chi connectivity index (χ3n) is 6.05. The second kappa shape index (κ2) is 8.30. The van der Waals surface area contributed by atoms with E-state index in [2.05, 4.69) is 27.5 Å². The van der Waals surface area contributed by atoms with Gasteiger partial charge in [0, 0.05) is 17.2 Å². The second-order valence-electron chi connectivity index (χ2n) is 8.38. The summed E-state index contributed by atoms with van der Waals surface area (Å²) in [4.78, 5) is 32.6. The lowest BCUT2D eigenvalue weighted by molar-refractivity contribution is -0.117. The van der Waals surface area contributed by atoms with E-state index < -0.39 is 0 Å². The fourth-order valence-electron chi connectivity index (χ4n) is 3.98. The number of imidazole rings is 1. The largest absolute Gasteiger partial charge is 0.345 e. The number of H-pyrrole nitrogens is 1. The molecule has 6 heteroatoms. The molecular weight excluding hydrogens is 400 g/mol. The fourth-order valence-corrected chi connectivity index (χ4v) is 3.98. The monoisotopic (exact) mass is 424 g/mol. The van der Waals surface area contributed by atoms with Gasteiger partial charge in [0.05, 0.1) is 23.4 Å². The van der Waals surface area contributed by atoms with Gasteiger partial charge in [0.25, 0.3) is 5.91 Å². The molecule has 1 aliphatic carbocycles. The number of carbonyl (C=O) groups is 2. The normalized spacial score (nSPS) is 18.2. The Morgan fingerprint density at radius 1 is 1.00 bits per heavy atom. The summed E-state index contributed by atoms with van der Waals surface area (Å²) in [6.45, 7) is 2.07. The first-order valence-corrected chi connectivity index (χ1v) is 10.8. The van der Waals surface area contributed by atoms with Crippen molar-refractivity contribution in [2.45, 2.75) is 19.4 Å². The van der Waals surface area contributed by atoms with Crippen LogP contribution in [0.2, 0.25) is 0 Å². The third kappa shape index (κ3) is 4.12. The summed E-state index contributed by atoms with van der Waals surface area (Å²) in [5.74, 6) is 0.429. The molecular formula is C26H24N4O2. The summed E-state index contributed by atoms with van der Waals surface area (Å²) >= 11 is 0. The zero-order valence-electron chi connectivity index (χ0n) is 17.7. The van der Waals surface area contributed by atoms with Gasteiger partial charge in [-0.2, -0.15) is 0 Å². The maximum atomic E-state index is 13.1. The number of hydrogen-bond donors (Lipinski definition) is 3. The SMILES string of the molecule is CC1CC1C(=O)Nc1ccc(C(=O)NC(c2ccccc2)c2ccc3nc[nH]c3c2)cc1. The van der Waals surface area contributed by atoms with Gasteiger partial charge in [0.1, 0.15) is 0 Å². The highest BCUT2D eigenvalue weighted by Gasteiger charge is 2.39. The van der Waals surface area contributed by atoms with Crippen LogP contribution in [0.5, 0.6) is 0 Å². The fraction of sp³-hybridized carbons (Fsp3) is 0.192. The molecule has 1 fully saturated rings. The zero-order chi connectivity index (χ0) is 22.1. The van der Waals surface area contributed by atoms with Crippen molar-refractivity contribution in [2.75, 3.05) is 5.32 Å². The van der Waals surface area contributed by atoms with Crippen molar-refractivity contribution in [3.63, 3.8) is 0 Å². The molecule has 3 unspecified atom stereocenters. The highest BCUT2D eigenvalue weighted by molar-refractivity contribution is 5.97. The van der Waals surface area contributed by atoms with Gasteiger partial charge in [-0.1, -0.05) is 43.3 Å². The summed E-state index contributed by atoms with van der Waals surface area (Å²) in [7, 11) is 0. The molecule has 2 amide bonds. The molecule has 1 saturated carbocycles. The predicted octanol–water partition coefficient (Wildman–Crippen LogP) is 4.68. The van der Waals surface area contributed by atoms with Crippen LogP contribution in [-0.4, -0.2) is 21.8 Å². The average Bonchev–Trinajstić information content (AvgIpc) is 3.37. The van der Waals surface area contributed by atoms with Crippen LogP contribution in [0.15, 0.2) is 79.1 Å². The molecule has 3 atom stereocenters. The van der Waals surface area contributed by atoms with Crippen LogP contribution < -0.4 is 10.6 Å². The van der Waals surface area contributed by atoms with E-state index in [4.69, 9.17) is 0 Å². The first-order valence-electron chi connectivity index (χ1n) is 10.8. The number of benzene rings is 3. The summed E-state index contributed by atoms with van der Waals surface area (Å²) in [6.07, 6.45) is 2.60. The quantitative estimate of drug-likeness (QED) is 0.420. The van der Waals surface area contributed by atoms with E-state index in [0.717, 1.165) is 28.6 Å². The average molecular weight is 425 g/mol. The minimum Gasteiger partial charge on any atom is -0.345 e. The van der Waals surface area contributed by atoms with Gasteiger partial charge in [-0.05, 0) is 59.9 Å². The molecule has 160 valence electrons. The lowest BCUT2D eigenvalue weighted by atomic mass is 9.97. The number of carbonyl (C=O) groups excluding carboxylic acids is 2. The molecule has 5 rings (SSSR count). The number of anilines is 1. The Morgan fingerprint density at radius 2 is 1.75 bits per heavy atom. The van der Waals surface area contributed by atoms with E-state index in [1.54, 1.807) is 30.6 Å². The first-order chi connectivity index (χ1) is 15.6. The number of nitrogens with one attached hydrogen (secondary N) is 3. The molecule has 0 radical (unpaired) electrons. The number of aromatic nitrogens is 2. The van der Waals surface area contributed by atoms with E-state index in [-0.39, 0.29) is 23.8 Å². The maximum absolute atomic E-state index is 13.1. The lowest BCUT2D eigenvalue weighted by Gasteiger charge is -2.20. The Morgan fingerprint density at radius 3 is 2.47 bits per heavy atom. The first kappa shape index (κ1) is 20.0. The summed E-state index contributed by atoms with van der Waals surface area (Å²) in [6, 6.07) is 22.5. The van der Waals surface area contributed by atoms with Gasteiger partial charge in [0.2, 0.25) is 5.91 Å². The van der Waals surface area contributed by atoms with Gasteiger partial charge >= 0.3 is 0 Å². The standard InChI is InChI=1S/C26H24N4O2/c1-16-13-21(16)26(32)29-20-10-7-18(8-11-20)25(31)30-24(17-5-3-2-4-6-17)19-9-12-22-23(14-19)28-15-27-22/h2-12,14-16,21,24H,13H2,1H3,(H,27,28)(H,29,32)(H,30,31). The van der Waals surface area contributed by atoms with Crippen molar-refractivity contribution in [2.24, 2.45) is 11.8 Å². The van der Waals surface area contributed by atoms with Gasteiger partial charge in [-0.3, -0.25) is 9.59 Å². The van der Waals surface area contributed by atoms with Crippen molar-refractivity contribution in [3.8, 4) is 0 Å². The van der Waals surface area contributed by atoms with Crippen LogP contribution in [0.1, 0.15) is 40.9 Å². The Bertz CT molecular complexity index is 1260. The zero-order valence-corrected chi connectivity index (χ0v) is 17.7. The van der Waals surface area contributed by atoms with Gasteiger partial charge in [-0.25, -0.2) is 4.98 Å². The highest BCUT2D eigenvalue weighted by Crippen LogP contribution is 2.38. The van der Waals surface area contributed by atoms with Crippen molar-refractivity contribution >= 4 is 28.5 Å². The number of aromatic amines is 1. The molecule has 1 heterocycles. The van der Waals surface area contributed by atoms with Crippen molar-refractivity contribution < 1.29 is 9.59 Å². The van der Waals surface area contributed by atoms with Crippen LogP contribution in [0.4, 0.5) is 5.69 Å². The summed E-state index contributed by atoms with van der Waals surface area (Å²) in [5, 5.41) is 6.08. The van der Waals surface area contributed by atoms with Crippen LogP contribution in [0.25, 0.3) is 11.0 Å². The molecule has 1 aliphatic rings. The van der Waals surface area contributed by atoms with Crippen LogP contribution >= 0.6 is 0 Å². The molecule has 4 aromatic rings. The Kier molecular flexibility index (Phi) is 5.19. The molecule has 0 bridgehead atoms. The molecule has 0 saturated heterocycles. The number of fused-ring (bicyclic) bond motifs is 1. The van der Waals surface area contributed by atoms with Crippen molar-refractivity contribution in [1.82, 2.24) is 15.3 Å². The van der Waals surface area contributed by atoms with E-state index in [9.17, 15) is 9.59 Å². The molecule has 6 nitrogen and oxygen atoms in total. The minimum absolute atomic E-state index is 0.0491. The molecule has 1 aromatic heterocycles. The van der Waals surface area contributed by atoms with Crippen molar-refractivity contribution in [1.29, 1.82) is 0 Å². The van der Waals surface area contributed by atoms with E-state index >= 15 is 0 Å². The minimum atomic E-state index is -0.313. The van der Waals surface area contributed by atoms with Gasteiger partial charge < -0.3 is 15.6 Å². The van der Waals surface area contributed by atoms with Crippen LogP contribution in [-0.2, 0) is 4.79 Å². The molecule has 32 heavy (non-hydrogen) atoms. The lowest BCUT2D eigenvalue weighted by Crippen LogP contribution is -2.29. The van der Waals surface area contributed by atoms with E-state index in [1.807, 2.05) is 48.5 Å². The number of nitrogens with zero attached hydrogens (tertiary/aromatic N) is 1. The topological polar surface area (TPSA) is 86.9 Å². The number of hydrogen-bond acceptors (Lipinski definition) is 3. The Hall–Kier alpha value is -3.93. The van der Waals surface area contributed by atoms with E-state index in [1.165, 1.54) is 0 Å². The second-order valence-corrected chi connectivity index (χ2v) is 8.38. The Labute approximate surface area is 186 Å². The maximum Gasteiger partial charge on any atom is 0.252 e. The van der Waals surface area contributed by atoms with Crippen molar-refractivity contribution in [3.05, 3.63) is 95.8 Å².